The quantitative estimate of drug-likeness (QED) is 0.565. The number of rotatable bonds is 5. The van der Waals surface area contributed by atoms with E-state index in [1.807, 2.05) is 43.6 Å². The van der Waals surface area contributed by atoms with Crippen LogP contribution in [0.4, 0.5) is 0 Å². The maximum Gasteiger partial charge on any atom is 0.331 e. The van der Waals surface area contributed by atoms with E-state index in [1.54, 1.807) is 36.5 Å². The van der Waals surface area contributed by atoms with Crippen LogP contribution >= 0.6 is 15.9 Å². The fraction of sp³-hybridized carbons (Fsp3) is 0.174. The zero-order valence-electron chi connectivity index (χ0n) is 17.6. The van der Waals surface area contributed by atoms with Crippen LogP contribution in [-0.4, -0.2) is 33.6 Å². The molecule has 0 unspecified atom stereocenters. The van der Waals surface area contributed by atoms with Gasteiger partial charge in [-0.1, -0.05) is 28.1 Å². The Bertz CT molecular complexity index is 1370. The summed E-state index contributed by atoms with van der Waals surface area (Å²) in [5, 5.41) is 4.97. The molecular weight excluding hydrogens is 474 g/mol. The van der Waals surface area contributed by atoms with E-state index in [4.69, 9.17) is 0 Å². The van der Waals surface area contributed by atoms with Crippen LogP contribution in [0.5, 0.6) is 0 Å². The highest BCUT2D eigenvalue weighted by molar-refractivity contribution is 9.10. The minimum Gasteiger partial charge on any atom is -0.348 e. The SMILES string of the molecule is CN1C=C(CNC(=O)c2ccc3c(c2)c(=O)n(Cc2ccc(Br)cc2)c(=O)n3C)C=CN1. The Morgan fingerprint density at radius 1 is 1.09 bits per heavy atom. The summed E-state index contributed by atoms with van der Waals surface area (Å²) in [5.41, 5.74) is 4.75. The van der Waals surface area contributed by atoms with Crippen LogP contribution in [0.2, 0.25) is 0 Å². The molecule has 164 valence electrons. The average Bonchev–Trinajstić information content (AvgIpc) is 2.79. The Balaban J connectivity index is 1.66. The monoisotopic (exact) mass is 495 g/mol. The summed E-state index contributed by atoms with van der Waals surface area (Å²) in [4.78, 5) is 38.7. The van der Waals surface area contributed by atoms with E-state index < -0.39 is 11.2 Å². The first kappa shape index (κ1) is 21.6. The predicted molar refractivity (Wildman–Crippen MR) is 127 cm³/mol. The van der Waals surface area contributed by atoms with Crippen LogP contribution in [0.15, 0.2) is 80.6 Å². The molecule has 0 atom stereocenters. The van der Waals surface area contributed by atoms with E-state index in [0.717, 1.165) is 15.6 Å². The first-order valence-corrected chi connectivity index (χ1v) is 10.8. The normalized spacial score (nSPS) is 13.1. The molecule has 3 aromatic rings. The third-order valence-corrected chi connectivity index (χ3v) is 5.78. The van der Waals surface area contributed by atoms with Gasteiger partial charge in [0.1, 0.15) is 0 Å². The number of aryl methyl sites for hydroxylation is 1. The van der Waals surface area contributed by atoms with Gasteiger partial charge in [0.2, 0.25) is 0 Å². The highest BCUT2D eigenvalue weighted by Crippen LogP contribution is 2.13. The molecule has 1 aliphatic heterocycles. The molecule has 2 aromatic carbocycles. The molecule has 0 aliphatic carbocycles. The molecule has 1 aromatic heterocycles. The van der Waals surface area contributed by atoms with E-state index in [2.05, 4.69) is 26.7 Å². The van der Waals surface area contributed by atoms with Crippen molar-refractivity contribution < 1.29 is 4.79 Å². The van der Waals surface area contributed by atoms with Gasteiger partial charge < -0.3 is 10.7 Å². The van der Waals surface area contributed by atoms with E-state index in [0.29, 0.717) is 23.0 Å². The zero-order chi connectivity index (χ0) is 22.8. The maximum absolute atomic E-state index is 13.2. The molecule has 0 fully saturated rings. The van der Waals surface area contributed by atoms with Gasteiger partial charge in [0.25, 0.3) is 11.5 Å². The number of amides is 1. The second kappa shape index (κ2) is 8.88. The molecule has 0 saturated carbocycles. The van der Waals surface area contributed by atoms with Crippen molar-refractivity contribution in [2.24, 2.45) is 7.05 Å². The lowest BCUT2D eigenvalue weighted by atomic mass is 10.1. The van der Waals surface area contributed by atoms with Crippen molar-refractivity contribution in [2.75, 3.05) is 13.6 Å². The Morgan fingerprint density at radius 2 is 1.84 bits per heavy atom. The number of carbonyl (C=O) groups excluding carboxylic acids is 1. The molecule has 0 spiro atoms. The van der Waals surface area contributed by atoms with Gasteiger partial charge in [-0.05, 0) is 47.5 Å². The molecular formula is C23H22BrN5O3. The standard InChI is InChI=1S/C23H22BrN5O3/c1-27-13-16(9-10-26-27)12-25-21(30)17-5-8-20-19(11-17)22(31)29(23(32)28(20)2)14-15-3-6-18(24)7-4-15/h3-11,13,26H,12,14H2,1-2H3,(H,25,30). The van der Waals surface area contributed by atoms with Gasteiger partial charge in [-0.25, -0.2) is 4.79 Å². The van der Waals surface area contributed by atoms with Crippen molar-refractivity contribution in [3.05, 3.63) is 103 Å². The number of hydrogen-bond acceptors (Lipinski definition) is 5. The molecule has 9 heteroatoms. The van der Waals surface area contributed by atoms with Crippen molar-refractivity contribution in [3.8, 4) is 0 Å². The molecule has 32 heavy (non-hydrogen) atoms. The number of halogens is 1. The molecule has 1 aliphatic rings. The molecule has 1 amide bonds. The van der Waals surface area contributed by atoms with Crippen molar-refractivity contribution in [3.63, 3.8) is 0 Å². The predicted octanol–water partition coefficient (Wildman–Crippen LogP) is 2.09. The topological polar surface area (TPSA) is 88.4 Å². The van der Waals surface area contributed by atoms with Crippen molar-refractivity contribution in [2.45, 2.75) is 6.54 Å². The van der Waals surface area contributed by atoms with Gasteiger partial charge in [-0.15, -0.1) is 0 Å². The number of benzene rings is 2. The Labute approximate surface area is 192 Å². The van der Waals surface area contributed by atoms with Crippen LogP contribution in [0.1, 0.15) is 15.9 Å². The van der Waals surface area contributed by atoms with E-state index in [-0.39, 0.29) is 12.5 Å². The van der Waals surface area contributed by atoms with Gasteiger partial charge in [0.15, 0.2) is 0 Å². The van der Waals surface area contributed by atoms with E-state index in [1.165, 1.54) is 9.13 Å². The second-order valence-electron chi connectivity index (χ2n) is 7.55. The molecule has 0 saturated heterocycles. The summed E-state index contributed by atoms with van der Waals surface area (Å²) in [6, 6.07) is 12.2. The first-order valence-electron chi connectivity index (χ1n) is 9.96. The van der Waals surface area contributed by atoms with E-state index in [9.17, 15) is 14.4 Å². The number of nitrogens with zero attached hydrogens (tertiary/aromatic N) is 3. The fourth-order valence-corrected chi connectivity index (χ4v) is 3.81. The lowest BCUT2D eigenvalue weighted by Gasteiger charge is -2.19. The third-order valence-electron chi connectivity index (χ3n) is 5.26. The molecule has 2 N–H and O–H groups in total. The van der Waals surface area contributed by atoms with Crippen molar-refractivity contribution >= 4 is 32.7 Å². The molecule has 2 heterocycles. The summed E-state index contributed by atoms with van der Waals surface area (Å²) >= 11 is 3.38. The van der Waals surface area contributed by atoms with Crippen LogP contribution in [0.25, 0.3) is 10.9 Å². The molecule has 0 bridgehead atoms. The van der Waals surface area contributed by atoms with Crippen LogP contribution in [-0.2, 0) is 13.6 Å². The van der Waals surface area contributed by atoms with Gasteiger partial charge in [0.05, 0.1) is 17.4 Å². The summed E-state index contributed by atoms with van der Waals surface area (Å²) in [7, 11) is 3.48. The van der Waals surface area contributed by atoms with Crippen LogP contribution < -0.4 is 22.0 Å². The largest absolute Gasteiger partial charge is 0.348 e. The summed E-state index contributed by atoms with van der Waals surface area (Å²) in [6.07, 6.45) is 5.53. The molecule has 0 radical (unpaired) electrons. The van der Waals surface area contributed by atoms with Gasteiger partial charge >= 0.3 is 5.69 Å². The first-order chi connectivity index (χ1) is 15.3. The fourth-order valence-electron chi connectivity index (χ4n) is 3.55. The smallest absolute Gasteiger partial charge is 0.331 e. The Kier molecular flexibility index (Phi) is 6.00. The lowest BCUT2D eigenvalue weighted by molar-refractivity contribution is 0.0957. The lowest BCUT2D eigenvalue weighted by Crippen LogP contribution is -2.39. The van der Waals surface area contributed by atoms with Crippen LogP contribution in [0.3, 0.4) is 0 Å². The summed E-state index contributed by atoms with van der Waals surface area (Å²) < 4.78 is 3.53. The second-order valence-corrected chi connectivity index (χ2v) is 8.47. The highest BCUT2D eigenvalue weighted by atomic mass is 79.9. The average molecular weight is 496 g/mol. The van der Waals surface area contributed by atoms with Crippen molar-refractivity contribution in [1.29, 1.82) is 0 Å². The Morgan fingerprint density at radius 3 is 2.56 bits per heavy atom. The number of carbonyl (C=O) groups is 1. The number of aromatic nitrogens is 2. The summed E-state index contributed by atoms with van der Waals surface area (Å²) in [5.74, 6) is -0.296. The minimum absolute atomic E-state index is 0.146. The third kappa shape index (κ3) is 4.38. The number of nitrogens with one attached hydrogen (secondary N) is 2. The van der Waals surface area contributed by atoms with E-state index >= 15 is 0 Å². The minimum atomic E-state index is -0.425. The molecule has 4 rings (SSSR count). The maximum atomic E-state index is 13.2. The van der Waals surface area contributed by atoms with Crippen molar-refractivity contribution in [1.82, 2.24) is 24.9 Å². The Hall–Kier alpha value is -3.59. The summed E-state index contributed by atoms with van der Waals surface area (Å²) in [6.45, 7) is 0.494. The number of hydrogen-bond donors (Lipinski definition) is 2. The highest BCUT2D eigenvalue weighted by Gasteiger charge is 2.15. The number of hydrazine groups is 1. The van der Waals surface area contributed by atoms with Crippen LogP contribution in [0, 0.1) is 0 Å². The van der Waals surface area contributed by atoms with Gasteiger partial charge in [-0.3, -0.25) is 23.7 Å². The number of fused-ring (bicyclic) bond motifs is 1. The van der Waals surface area contributed by atoms with Gasteiger partial charge in [0, 0.05) is 43.1 Å². The molecule has 8 nitrogen and oxygen atoms in total. The zero-order valence-corrected chi connectivity index (χ0v) is 19.2. The van der Waals surface area contributed by atoms with Gasteiger partial charge in [-0.2, -0.15) is 0 Å².